The third-order valence-electron chi connectivity index (χ3n) is 2.23. The molecule has 0 fully saturated rings. The molecule has 1 N–H and O–H groups in total. The highest BCUT2D eigenvalue weighted by Gasteiger charge is 2.09. The van der Waals surface area contributed by atoms with Crippen molar-refractivity contribution in [2.24, 2.45) is 0 Å². The second-order valence-corrected chi connectivity index (χ2v) is 4.91. The van der Waals surface area contributed by atoms with Crippen molar-refractivity contribution in [1.29, 1.82) is 0 Å². The normalized spacial score (nSPS) is 12.9. The van der Waals surface area contributed by atoms with Gasteiger partial charge in [-0.3, -0.25) is 0 Å². The molecule has 0 saturated carbocycles. The van der Waals surface area contributed by atoms with Crippen LogP contribution in [0.15, 0.2) is 22.8 Å². The molecule has 0 aromatic carbocycles. The van der Waals surface area contributed by atoms with Crippen molar-refractivity contribution in [2.45, 2.75) is 32.7 Å². The van der Waals surface area contributed by atoms with E-state index in [4.69, 9.17) is 4.42 Å². The zero-order valence-electron chi connectivity index (χ0n) is 9.66. The number of thioether (sulfide) groups is 1. The Morgan fingerprint density at radius 1 is 1.47 bits per heavy atom. The molecule has 0 spiro atoms. The maximum atomic E-state index is 5.37. The topological polar surface area (TPSA) is 25.2 Å². The molecule has 0 aliphatic carbocycles. The monoisotopic (exact) mass is 227 g/mol. The zero-order valence-corrected chi connectivity index (χ0v) is 10.5. The number of hydrogen-bond donors (Lipinski definition) is 1. The number of hydrogen-bond acceptors (Lipinski definition) is 3. The summed E-state index contributed by atoms with van der Waals surface area (Å²) in [4.78, 5) is 0. The van der Waals surface area contributed by atoms with Gasteiger partial charge in [-0.2, -0.15) is 11.8 Å². The molecule has 1 aromatic heterocycles. The Bertz CT molecular complexity index is 228. The Kier molecular flexibility index (Phi) is 6.60. The summed E-state index contributed by atoms with van der Waals surface area (Å²) in [5.74, 6) is 3.43. The quantitative estimate of drug-likeness (QED) is 0.739. The summed E-state index contributed by atoms with van der Waals surface area (Å²) >= 11 is 1.98. The van der Waals surface area contributed by atoms with Crippen LogP contribution in [0.2, 0.25) is 0 Å². The third kappa shape index (κ3) is 5.28. The number of nitrogens with one attached hydrogen (secondary N) is 1. The molecule has 86 valence electrons. The highest BCUT2D eigenvalue weighted by atomic mass is 32.2. The van der Waals surface area contributed by atoms with E-state index in [-0.39, 0.29) is 0 Å². The van der Waals surface area contributed by atoms with Gasteiger partial charge in [0.1, 0.15) is 5.76 Å². The van der Waals surface area contributed by atoms with Gasteiger partial charge in [-0.05, 0) is 30.9 Å². The van der Waals surface area contributed by atoms with Crippen LogP contribution in [0.1, 0.15) is 26.0 Å². The summed E-state index contributed by atoms with van der Waals surface area (Å²) in [7, 11) is 0. The Hall–Kier alpha value is -0.410. The minimum atomic E-state index is 0.543. The van der Waals surface area contributed by atoms with Crippen LogP contribution in [0.5, 0.6) is 0 Å². The van der Waals surface area contributed by atoms with Gasteiger partial charge >= 0.3 is 0 Å². The Labute approximate surface area is 96.8 Å². The van der Waals surface area contributed by atoms with Crippen molar-refractivity contribution in [3.63, 3.8) is 0 Å². The lowest BCUT2D eigenvalue weighted by molar-refractivity contribution is 0.460. The average molecular weight is 227 g/mol. The van der Waals surface area contributed by atoms with E-state index in [1.54, 1.807) is 6.26 Å². The first kappa shape index (κ1) is 12.7. The van der Waals surface area contributed by atoms with E-state index < -0.39 is 0 Å². The molecule has 1 heterocycles. The maximum Gasteiger partial charge on any atom is 0.105 e. The van der Waals surface area contributed by atoms with Crippen LogP contribution >= 0.6 is 11.8 Å². The minimum Gasteiger partial charge on any atom is -0.469 e. The van der Waals surface area contributed by atoms with Crippen LogP contribution in [0, 0.1) is 0 Å². The lowest BCUT2D eigenvalue weighted by Crippen LogP contribution is -2.34. The first-order valence-corrected chi connectivity index (χ1v) is 6.85. The van der Waals surface area contributed by atoms with Crippen molar-refractivity contribution in [3.05, 3.63) is 24.2 Å². The molecule has 3 heteroatoms. The molecule has 0 radical (unpaired) electrons. The predicted molar refractivity (Wildman–Crippen MR) is 67.5 cm³/mol. The molecule has 15 heavy (non-hydrogen) atoms. The fraction of sp³-hybridized carbons (Fsp3) is 0.667. The van der Waals surface area contributed by atoms with Crippen LogP contribution in [0.4, 0.5) is 0 Å². The molecular formula is C12H21NOS. The van der Waals surface area contributed by atoms with E-state index in [1.807, 2.05) is 17.8 Å². The largest absolute Gasteiger partial charge is 0.469 e. The maximum absolute atomic E-state index is 5.37. The molecule has 1 aromatic rings. The van der Waals surface area contributed by atoms with Gasteiger partial charge in [0, 0.05) is 18.2 Å². The Morgan fingerprint density at radius 3 is 2.93 bits per heavy atom. The van der Waals surface area contributed by atoms with E-state index in [0.29, 0.717) is 6.04 Å². The van der Waals surface area contributed by atoms with E-state index >= 15 is 0 Å². The van der Waals surface area contributed by atoms with Crippen molar-refractivity contribution in [3.8, 4) is 0 Å². The van der Waals surface area contributed by atoms with Crippen molar-refractivity contribution < 1.29 is 4.42 Å². The van der Waals surface area contributed by atoms with Gasteiger partial charge in [0.2, 0.25) is 0 Å². The summed E-state index contributed by atoms with van der Waals surface area (Å²) in [5.41, 5.74) is 0. The van der Waals surface area contributed by atoms with E-state index in [1.165, 1.54) is 12.2 Å². The first-order valence-electron chi connectivity index (χ1n) is 5.70. The van der Waals surface area contributed by atoms with Crippen molar-refractivity contribution >= 4 is 11.8 Å². The van der Waals surface area contributed by atoms with E-state index in [0.717, 1.165) is 24.5 Å². The minimum absolute atomic E-state index is 0.543. The summed E-state index contributed by atoms with van der Waals surface area (Å²) < 4.78 is 5.37. The average Bonchev–Trinajstić information content (AvgIpc) is 2.74. The summed E-state index contributed by atoms with van der Waals surface area (Å²) in [6.07, 6.45) is 3.94. The van der Waals surface area contributed by atoms with Crippen LogP contribution in [-0.2, 0) is 6.42 Å². The summed E-state index contributed by atoms with van der Waals surface area (Å²) in [6, 6.07) is 4.55. The standard InChI is InChI=1S/C12H21NOS/c1-3-7-13-11(10-15-4-2)9-12-6-5-8-14-12/h5-6,8,11,13H,3-4,7,9-10H2,1-2H3. The molecular weight excluding hydrogens is 206 g/mol. The lowest BCUT2D eigenvalue weighted by atomic mass is 10.2. The molecule has 0 saturated heterocycles. The highest BCUT2D eigenvalue weighted by Crippen LogP contribution is 2.09. The molecule has 0 aliphatic rings. The van der Waals surface area contributed by atoms with E-state index in [2.05, 4.69) is 25.2 Å². The molecule has 1 unspecified atom stereocenters. The molecule has 2 nitrogen and oxygen atoms in total. The molecule has 0 aliphatic heterocycles. The molecule has 0 bridgehead atoms. The Morgan fingerprint density at radius 2 is 2.33 bits per heavy atom. The van der Waals surface area contributed by atoms with Gasteiger partial charge in [-0.15, -0.1) is 0 Å². The Balaban J connectivity index is 2.33. The SMILES string of the molecule is CCCNC(CSCC)Cc1ccco1. The second-order valence-electron chi connectivity index (χ2n) is 3.59. The number of rotatable bonds is 8. The highest BCUT2D eigenvalue weighted by molar-refractivity contribution is 7.99. The summed E-state index contributed by atoms with van der Waals surface area (Å²) in [6.45, 7) is 5.49. The molecule has 0 amide bonds. The molecule has 1 rings (SSSR count). The van der Waals surface area contributed by atoms with Gasteiger partial charge in [-0.1, -0.05) is 13.8 Å². The zero-order chi connectivity index (χ0) is 10.9. The van der Waals surface area contributed by atoms with Gasteiger partial charge in [-0.25, -0.2) is 0 Å². The predicted octanol–water partition coefficient (Wildman–Crippen LogP) is 2.94. The van der Waals surface area contributed by atoms with Gasteiger partial charge in [0.05, 0.1) is 6.26 Å². The van der Waals surface area contributed by atoms with Crippen molar-refractivity contribution in [1.82, 2.24) is 5.32 Å². The molecule has 1 atom stereocenters. The second kappa shape index (κ2) is 7.83. The first-order chi connectivity index (χ1) is 7.36. The van der Waals surface area contributed by atoms with Gasteiger partial charge in [0.25, 0.3) is 0 Å². The van der Waals surface area contributed by atoms with Crippen molar-refractivity contribution in [2.75, 3.05) is 18.1 Å². The fourth-order valence-electron chi connectivity index (χ4n) is 1.47. The van der Waals surface area contributed by atoms with Gasteiger partial charge in [0.15, 0.2) is 0 Å². The van der Waals surface area contributed by atoms with E-state index in [9.17, 15) is 0 Å². The van der Waals surface area contributed by atoms with Crippen LogP contribution in [0.3, 0.4) is 0 Å². The number of furan rings is 1. The van der Waals surface area contributed by atoms with Gasteiger partial charge < -0.3 is 9.73 Å². The smallest absolute Gasteiger partial charge is 0.105 e. The summed E-state index contributed by atoms with van der Waals surface area (Å²) in [5, 5.41) is 3.56. The third-order valence-corrected chi connectivity index (χ3v) is 3.28. The van der Waals surface area contributed by atoms with Crippen LogP contribution < -0.4 is 5.32 Å². The van der Waals surface area contributed by atoms with Crippen LogP contribution in [-0.4, -0.2) is 24.1 Å². The fourth-order valence-corrected chi connectivity index (χ4v) is 2.23. The lowest BCUT2D eigenvalue weighted by Gasteiger charge is -2.16. The van der Waals surface area contributed by atoms with Crippen LogP contribution in [0.25, 0.3) is 0 Å².